The summed E-state index contributed by atoms with van der Waals surface area (Å²) in [5.74, 6) is 2.24. The van der Waals surface area contributed by atoms with Gasteiger partial charge in [-0.25, -0.2) is 0 Å². The molecule has 11 heavy (non-hydrogen) atoms. The molecule has 0 amide bonds. The molecule has 3 rings (SSSR count). The van der Waals surface area contributed by atoms with E-state index in [9.17, 15) is 0 Å². The van der Waals surface area contributed by atoms with Crippen LogP contribution in [0.1, 0.15) is 38.5 Å². The number of rotatable bonds is 0. The van der Waals surface area contributed by atoms with Gasteiger partial charge in [0.2, 0.25) is 0 Å². The van der Waals surface area contributed by atoms with Crippen molar-refractivity contribution in [2.24, 2.45) is 17.3 Å². The van der Waals surface area contributed by atoms with Crippen LogP contribution in [-0.2, 0) is 0 Å². The van der Waals surface area contributed by atoms with Crippen molar-refractivity contribution >= 4 is 15.9 Å². The molecule has 4 atom stereocenters. The van der Waals surface area contributed by atoms with E-state index in [1.807, 2.05) is 0 Å². The Labute approximate surface area is 76.9 Å². The second-order valence-electron chi connectivity index (χ2n) is 4.99. The second-order valence-corrected chi connectivity index (χ2v) is 6.09. The van der Waals surface area contributed by atoms with Crippen LogP contribution in [0.3, 0.4) is 0 Å². The zero-order valence-electron chi connectivity index (χ0n) is 6.85. The molecule has 1 spiro atoms. The molecule has 1 heteroatoms. The molecule has 3 aliphatic carbocycles. The van der Waals surface area contributed by atoms with E-state index in [1.165, 1.54) is 6.42 Å². The van der Waals surface area contributed by atoms with Crippen molar-refractivity contribution in [3.8, 4) is 0 Å². The summed E-state index contributed by atoms with van der Waals surface area (Å²) in [5.41, 5.74) is 0.810. The quantitative estimate of drug-likeness (QED) is 0.543. The van der Waals surface area contributed by atoms with Gasteiger partial charge in [0.25, 0.3) is 0 Å². The summed E-state index contributed by atoms with van der Waals surface area (Å²) in [7, 11) is 0. The molecule has 2 unspecified atom stereocenters. The van der Waals surface area contributed by atoms with Gasteiger partial charge in [-0.15, -0.1) is 0 Å². The van der Waals surface area contributed by atoms with Gasteiger partial charge in [-0.3, -0.25) is 0 Å². The Morgan fingerprint density at radius 2 is 1.55 bits per heavy atom. The highest BCUT2D eigenvalue weighted by Crippen LogP contribution is 2.65. The minimum atomic E-state index is 0.810. The van der Waals surface area contributed by atoms with Gasteiger partial charge >= 0.3 is 0 Å². The zero-order chi connectivity index (χ0) is 7.47. The fourth-order valence-corrected chi connectivity index (χ4v) is 4.52. The van der Waals surface area contributed by atoms with Gasteiger partial charge < -0.3 is 0 Å². The van der Waals surface area contributed by atoms with Gasteiger partial charge in [0.15, 0.2) is 0 Å². The van der Waals surface area contributed by atoms with Crippen LogP contribution in [0.4, 0.5) is 0 Å². The molecule has 0 N–H and O–H groups in total. The van der Waals surface area contributed by atoms with E-state index in [-0.39, 0.29) is 0 Å². The Kier molecular flexibility index (Phi) is 1.29. The Hall–Kier alpha value is 0.480. The maximum Gasteiger partial charge on any atom is 0.0208 e. The lowest BCUT2D eigenvalue weighted by Gasteiger charge is -2.27. The molecule has 0 aromatic carbocycles. The van der Waals surface area contributed by atoms with Crippen LogP contribution in [0, 0.1) is 17.3 Å². The van der Waals surface area contributed by atoms with Crippen molar-refractivity contribution in [2.45, 2.75) is 43.4 Å². The molecule has 0 aliphatic heterocycles. The van der Waals surface area contributed by atoms with Crippen LogP contribution in [0.2, 0.25) is 0 Å². The third kappa shape index (κ3) is 0.929. The van der Waals surface area contributed by atoms with Gasteiger partial charge in [-0.2, -0.15) is 0 Å². The number of alkyl halides is 1. The fraction of sp³-hybridized carbons (Fsp3) is 1.00. The smallest absolute Gasteiger partial charge is 0.0208 e. The van der Waals surface area contributed by atoms with E-state index in [0.29, 0.717) is 0 Å². The van der Waals surface area contributed by atoms with E-state index in [0.717, 1.165) is 22.1 Å². The summed E-state index contributed by atoms with van der Waals surface area (Å²) in [5, 5.41) is 0. The summed E-state index contributed by atoms with van der Waals surface area (Å²) in [6.07, 6.45) is 9.26. The first kappa shape index (κ1) is 6.94. The monoisotopic (exact) mass is 214 g/mol. The summed E-state index contributed by atoms with van der Waals surface area (Å²) in [6, 6.07) is 0. The van der Waals surface area contributed by atoms with Gasteiger partial charge in [0, 0.05) is 4.83 Å². The summed E-state index contributed by atoms with van der Waals surface area (Å²) >= 11 is 3.78. The maximum atomic E-state index is 3.78. The molecule has 0 saturated heterocycles. The minimum absolute atomic E-state index is 0.810. The molecule has 0 aromatic rings. The van der Waals surface area contributed by atoms with E-state index < -0.39 is 0 Å². The van der Waals surface area contributed by atoms with E-state index in [4.69, 9.17) is 0 Å². The number of hydrogen-bond donors (Lipinski definition) is 0. The maximum absolute atomic E-state index is 3.78. The van der Waals surface area contributed by atoms with Crippen molar-refractivity contribution < 1.29 is 0 Å². The Bertz CT molecular complexity index is 175. The summed E-state index contributed by atoms with van der Waals surface area (Å²) in [4.78, 5) is 0.901. The Balaban J connectivity index is 1.82. The highest BCUT2D eigenvalue weighted by Gasteiger charge is 2.57. The lowest BCUT2D eigenvalue weighted by atomic mass is 9.79. The molecule has 3 saturated carbocycles. The van der Waals surface area contributed by atoms with E-state index in [1.54, 1.807) is 32.1 Å². The predicted octanol–water partition coefficient (Wildman–Crippen LogP) is 3.35. The predicted molar refractivity (Wildman–Crippen MR) is 49.8 cm³/mol. The molecular weight excluding hydrogens is 200 g/mol. The molecule has 0 heterocycles. The molecule has 2 bridgehead atoms. The van der Waals surface area contributed by atoms with Crippen molar-refractivity contribution in [3.05, 3.63) is 0 Å². The standard InChI is InChI=1S/C10H15Br/c11-9-6-10(9)4-7-1-2-8(3-7)5-10/h7-9H,1-6H2/t7-,8+,9?,10?. The average molecular weight is 215 g/mol. The van der Waals surface area contributed by atoms with Crippen LogP contribution in [0.25, 0.3) is 0 Å². The second kappa shape index (κ2) is 2.04. The minimum Gasteiger partial charge on any atom is -0.0884 e. The molecule has 62 valence electrons. The first-order chi connectivity index (χ1) is 5.28. The first-order valence-corrected chi connectivity index (χ1v) is 5.84. The Morgan fingerprint density at radius 1 is 1.00 bits per heavy atom. The normalized spacial score (nSPS) is 60.3. The molecule has 3 aliphatic rings. The Morgan fingerprint density at radius 3 is 2.00 bits per heavy atom. The number of fused-ring (bicyclic) bond motifs is 2. The fourth-order valence-electron chi connectivity index (χ4n) is 3.50. The highest BCUT2D eigenvalue weighted by atomic mass is 79.9. The largest absolute Gasteiger partial charge is 0.0884 e. The van der Waals surface area contributed by atoms with E-state index >= 15 is 0 Å². The average Bonchev–Trinajstić information content (AvgIpc) is 2.38. The van der Waals surface area contributed by atoms with Gasteiger partial charge in [-0.1, -0.05) is 28.8 Å². The van der Waals surface area contributed by atoms with Crippen molar-refractivity contribution in [3.63, 3.8) is 0 Å². The van der Waals surface area contributed by atoms with Crippen LogP contribution in [-0.4, -0.2) is 4.83 Å². The number of hydrogen-bond acceptors (Lipinski definition) is 0. The van der Waals surface area contributed by atoms with E-state index in [2.05, 4.69) is 15.9 Å². The van der Waals surface area contributed by atoms with Crippen LogP contribution < -0.4 is 0 Å². The first-order valence-electron chi connectivity index (χ1n) is 4.93. The van der Waals surface area contributed by atoms with Crippen molar-refractivity contribution in [2.75, 3.05) is 0 Å². The number of halogens is 1. The van der Waals surface area contributed by atoms with Gasteiger partial charge in [-0.05, 0) is 42.9 Å². The van der Waals surface area contributed by atoms with Gasteiger partial charge in [0.1, 0.15) is 0 Å². The zero-order valence-corrected chi connectivity index (χ0v) is 8.44. The lowest BCUT2D eigenvalue weighted by Crippen LogP contribution is -2.18. The summed E-state index contributed by atoms with van der Waals surface area (Å²) in [6.45, 7) is 0. The molecule has 0 nitrogen and oxygen atoms in total. The SMILES string of the molecule is BrC1CC12C[C@@H]1CC[C@@H](C1)C2. The molecular formula is C10H15Br. The van der Waals surface area contributed by atoms with Crippen molar-refractivity contribution in [1.82, 2.24) is 0 Å². The van der Waals surface area contributed by atoms with Crippen LogP contribution in [0.15, 0.2) is 0 Å². The van der Waals surface area contributed by atoms with Crippen LogP contribution >= 0.6 is 15.9 Å². The lowest BCUT2D eigenvalue weighted by molar-refractivity contribution is 0.244. The highest BCUT2D eigenvalue weighted by molar-refractivity contribution is 9.09. The third-order valence-corrected chi connectivity index (χ3v) is 5.43. The molecule has 0 radical (unpaired) electrons. The third-order valence-electron chi connectivity index (χ3n) is 4.13. The van der Waals surface area contributed by atoms with Crippen molar-refractivity contribution in [1.29, 1.82) is 0 Å². The van der Waals surface area contributed by atoms with Gasteiger partial charge in [0.05, 0.1) is 0 Å². The summed E-state index contributed by atoms with van der Waals surface area (Å²) < 4.78 is 0. The topological polar surface area (TPSA) is 0 Å². The van der Waals surface area contributed by atoms with Crippen LogP contribution in [0.5, 0.6) is 0 Å². The molecule has 3 fully saturated rings. The molecule has 0 aromatic heterocycles.